The number of nitrogens with two attached hydrogens (primary N) is 1. The normalized spacial score (nSPS) is 18.9. The number of rotatable bonds is 4. The zero-order chi connectivity index (χ0) is 13.0. The van der Waals surface area contributed by atoms with Crippen LogP contribution in [0.2, 0.25) is 0 Å². The Labute approximate surface area is 107 Å². The molecule has 1 aromatic carbocycles. The highest BCUT2D eigenvalue weighted by Gasteiger charge is 2.20. The Kier molecular flexibility index (Phi) is 4.52. The SMILES string of the molecule is NCC(O)CN1CCN(c2ccccc2F)CC1. The lowest BCUT2D eigenvalue weighted by molar-refractivity contribution is 0.115. The topological polar surface area (TPSA) is 52.7 Å². The maximum atomic E-state index is 13.6. The fourth-order valence-electron chi connectivity index (χ4n) is 2.25. The molecule has 0 aliphatic carbocycles. The lowest BCUT2D eigenvalue weighted by Crippen LogP contribution is -2.49. The van der Waals surface area contributed by atoms with E-state index >= 15 is 0 Å². The van der Waals surface area contributed by atoms with E-state index < -0.39 is 6.10 Å². The summed E-state index contributed by atoms with van der Waals surface area (Å²) < 4.78 is 13.6. The van der Waals surface area contributed by atoms with Gasteiger partial charge in [-0.3, -0.25) is 4.90 Å². The minimum absolute atomic E-state index is 0.173. The van der Waals surface area contributed by atoms with Crippen LogP contribution in [0.3, 0.4) is 0 Å². The molecule has 0 amide bonds. The van der Waals surface area contributed by atoms with Crippen molar-refractivity contribution < 1.29 is 9.50 Å². The first kappa shape index (κ1) is 13.3. The molecule has 1 aromatic rings. The summed E-state index contributed by atoms with van der Waals surface area (Å²) in [5, 5.41) is 9.50. The first-order valence-electron chi connectivity index (χ1n) is 6.30. The molecule has 1 fully saturated rings. The van der Waals surface area contributed by atoms with Crippen molar-refractivity contribution in [1.82, 2.24) is 4.90 Å². The third kappa shape index (κ3) is 3.19. The molecule has 3 N–H and O–H groups in total. The molecule has 1 unspecified atom stereocenters. The molecule has 4 nitrogen and oxygen atoms in total. The van der Waals surface area contributed by atoms with Crippen LogP contribution in [0, 0.1) is 5.82 Å². The second-order valence-electron chi connectivity index (χ2n) is 4.63. The van der Waals surface area contributed by atoms with E-state index in [-0.39, 0.29) is 12.4 Å². The molecule has 0 saturated carbocycles. The number of piperazine rings is 1. The number of hydrogen-bond acceptors (Lipinski definition) is 4. The van der Waals surface area contributed by atoms with Crippen molar-refractivity contribution in [2.45, 2.75) is 6.10 Å². The van der Waals surface area contributed by atoms with Gasteiger partial charge in [0.2, 0.25) is 0 Å². The molecular formula is C13H20FN3O. The molecule has 5 heteroatoms. The minimum Gasteiger partial charge on any atom is -0.390 e. The first-order chi connectivity index (χ1) is 8.70. The lowest BCUT2D eigenvalue weighted by atomic mass is 10.2. The molecule has 0 radical (unpaired) electrons. The number of benzene rings is 1. The Morgan fingerprint density at radius 2 is 1.89 bits per heavy atom. The van der Waals surface area contributed by atoms with E-state index in [1.165, 1.54) is 6.07 Å². The maximum absolute atomic E-state index is 13.6. The quantitative estimate of drug-likeness (QED) is 0.808. The Morgan fingerprint density at radius 3 is 2.50 bits per heavy atom. The monoisotopic (exact) mass is 253 g/mol. The number of para-hydroxylation sites is 1. The summed E-state index contributed by atoms with van der Waals surface area (Å²) >= 11 is 0. The second kappa shape index (κ2) is 6.13. The zero-order valence-electron chi connectivity index (χ0n) is 10.4. The molecule has 100 valence electrons. The van der Waals surface area contributed by atoms with E-state index in [2.05, 4.69) is 4.90 Å². The van der Waals surface area contributed by atoms with E-state index in [1.54, 1.807) is 12.1 Å². The zero-order valence-corrected chi connectivity index (χ0v) is 10.4. The fourth-order valence-corrected chi connectivity index (χ4v) is 2.25. The predicted molar refractivity (Wildman–Crippen MR) is 70.1 cm³/mol. The third-order valence-corrected chi connectivity index (χ3v) is 3.31. The predicted octanol–water partition coefficient (Wildman–Crippen LogP) is 0.267. The van der Waals surface area contributed by atoms with E-state index in [9.17, 15) is 9.50 Å². The summed E-state index contributed by atoms with van der Waals surface area (Å²) in [5.41, 5.74) is 6.05. The van der Waals surface area contributed by atoms with Crippen LogP contribution >= 0.6 is 0 Å². The average Bonchev–Trinajstić information content (AvgIpc) is 2.40. The summed E-state index contributed by atoms with van der Waals surface area (Å²) in [6.07, 6.45) is -0.468. The van der Waals surface area contributed by atoms with Crippen molar-refractivity contribution in [2.75, 3.05) is 44.2 Å². The van der Waals surface area contributed by atoms with Crippen molar-refractivity contribution in [3.05, 3.63) is 30.1 Å². The number of halogens is 1. The number of anilines is 1. The van der Waals surface area contributed by atoms with Crippen molar-refractivity contribution >= 4 is 5.69 Å². The summed E-state index contributed by atoms with van der Waals surface area (Å²) in [6, 6.07) is 6.84. The number of aliphatic hydroxyl groups excluding tert-OH is 1. The van der Waals surface area contributed by atoms with Gasteiger partial charge in [-0.25, -0.2) is 4.39 Å². The van der Waals surface area contributed by atoms with Crippen molar-refractivity contribution in [1.29, 1.82) is 0 Å². The smallest absolute Gasteiger partial charge is 0.146 e. The molecular weight excluding hydrogens is 233 g/mol. The Hall–Kier alpha value is -1.17. The molecule has 0 aromatic heterocycles. The fraction of sp³-hybridized carbons (Fsp3) is 0.538. The largest absolute Gasteiger partial charge is 0.390 e. The Balaban J connectivity index is 1.89. The van der Waals surface area contributed by atoms with Gasteiger partial charge in [0.25, 0.3) is 0 Å². The average molecular weight is 253 g/mol. The van der Waals surface area contributed by atoms with E-state index in [0.29, 0.717) is 12.2 Å². The van der Waals surface area contributed by atoms with Crippen LogP contribution in [0.1, 0.15) is 0 Å². The number of β-amino-alcohol motifs (C(OH)–C–C–N with tert-alkyl or cyclic N) is 1. The van der Waals surface area contributed by atoms with Crippen LogP contribution in [0.25, 0.3) is 0 Å². The Morgan fingerprint density at radius 1 is 1.22 bits per heavy atom. The lowest BCUT2D eigenvalue weighted by Gasteiger charge is -2.36. The molecule has 1 atom stereocenters. The summed E-state index contributed by atoms with van der Waals surface area (Å²) in [4.78, 5) is 4.20. The standard InChI is InChI=1S/C13H20FN3O/c14-12-3-1-2-4-13(12)17-7-5-16(6-8-17)10-11(18)9-15/h1-4,11,18H,5-10,15H2. The molecule has 18 heavy (non-hydrogen) atoms. The highest BCUT2D eigenvalue weighted by atomic mass is 19.1. The van der Waals surface area contributed by atoms with Gasteiger partial charge in [0.05, 0.1) is 11.8 Å². The highest BCUT2D eigenvalue weighted by Crippen LogP contribution is 2.19. The number of aliphatic hydroxyl groups is 1. The Bertz CT molecular complexity index is 380. The van der Waals surface area contributed by atoms with Crippen molar-refractivity contribution in [3.8, 4) is 0 Å². The van der Waals surface area contributed by atoms with Gasteiger partial charge < -0.3 is 15.7 Å². The van der Waals surface area contributed by atoms with Gasteiger partial charge >= 0.3 is 0 Å². The van der Waals surface area contributed by atoms with Crippen molar-refractivity contribution in [2.24, 2.45) is 5.73 Å². The van der Waals surface area contributed by atoms with Gasteiger partial charge in [-0.1, -0.05) is 12.1 Å². The molecule has 0 bridgehead atoms. The van der Waals surface area contributed by atoms with Gasteiger partial charge in [0.1, 0.15) is 5.82 Å². The highest BCUT2D eigenvalue weighted by molar-refractivity contribution is 5.47. The molecule has 1 aliphatic rings. The van der Waals surface area contributed by atoms with Crippen molar-refractivity contribution in [3.63, 3.8) is 0 Å². The van der Waals surface area contributed by atoms with Crippen LogP contribution in [0.15, 0.2) is 24.3 Å². The maximum Gasteiger partial charge on any atom is 0.146 e. The third-order valence-electron chi connectivity index (χ3n) is 3.31. The van der Waals surface area contributed by atoms with E-state index in [4.69, 9.17) is 5.73 Å². The summed E-state index contributed by atoms with van der Waals surface area (Å²) in [5.74, 6) is -0.173. The molecule has 2 rings (SSSR count). The van der Waals surface area contributed by atoms with E-state index in [1.807, 2.05) is 11.0 Å². The number of hydrogen-bond donors (Lipinski definition) is 2. The number of nitrogens with zero attached hydrogens (tertiary/aromatic N) is 2. The van der Waals surface area contributed by atoms with Gasteiger partial charge in [-0.15, -0.1) is 0 Å². The summed E-state index contributed by atoms with van der Waals surface area (Å²) in [7, 11) is 0. The molecule has 0 spiro atoms. The van der Waals surface area contributed by atoms with Gasteiger partial charge in [-0.05, 0) is 12.1 Å². The van der Waals surface area contributed by atoms with Gasteiger partial charge in [0.15, 0.2) is 0 Å². The van der Waals surface area contributed by atoms with Crippen LogP contribution in [-0.4, -0.2) is 55.4 Å². The van der Waals surface area contributed by atoms with Gasteiger partial charge in [-0.2, -0.15) is 0 Å². The van der Waals surface area contributed by atoms with Crippen LogP contribution in [0.4, 0.5) is 10.1 Å². The van der Waals surface area contributed by atoms with Crippen LogP contribution < -0.4 is 10.6 Å². The summed E-state index contributed by atoms with van der Waals surface area (Å²) in [6.45, 7) is 4.09. The minimum atomic E-state index is -0.468. The molecule has 1 heterocycles. The van der Waals surface area contributed by atoms with Crippen LogP contribution in [0.5, 0.6) is 0 Å². The van der Waals surface area contributed by atoms with Crippen LogP contribution in [-0.2, 0) is 0 Å². The molecule has 1 saturated heterocycles. The van der Waals surface area contributed by atoms with E-state index in [0.717, 1.165) is 26.2 Å². The van der Waals surface area contributed by atoms with Gasteiger partial charge in [0, 0.05) is 39.3 Å². The molecule has 1 aliphatic heterocycles. The second-order valence-corrected chi connectivity index (χ2v) is 4.63. The first-order valence-corrected chi connectivity index (χ1v) is 6.30.